The highest BCUT2D eigenvalue weighted by Crippen LogP contribution is 2.29. The molecule has 3 rings (SSSR count). The Labute approximate surface area is 158 Å². The van der Waals surface area contributed by atoms with Crippen molar-refractivity contribution in [2.75, 3.05) is 38.2 Å². The first kappa shape index (κ1) is 19.2. The lowest BCUT2D eigenvalue weighted by molar-refractivity contribution is -0.255. The van der Waals surface area contributed by atoms with Crippen molar-refractivity contribution in [3.8, 4) is 5.75 Å². The Morgan fingerprint density at radius 3 is 2.41 bits per heavy atom. The number of aromatic carboxylic acids is 1. The molecule has 144 valence electrons. The molecular weight excluding hydrogens is 368 g/mol. The van der Waals surface area contributed by atoms with Crippen LogP contribution in [0.15, 0.2) is 47.4 Å². The first-order chi connectivity index (χ1) is 12.8. The van der Waals surface area contributed by atoms with E-state index in [0.717, 1.165) is 11.3 Å². The van der Waals surface area contributed by atoms with Crippen molar-refractivity contribution in [3.05, 3.63) is 53.6 Å². The number of aryl methyl sites for hydroxylation is 1. The predicted octanol–water partition coefficient (Wildman–Crippen LogP) is 0.878. The molecule has 0 aromatic heterocycles. The van der Waals surface area contributed by atoms with E-state index in [2.05, 4.69) is 0 Å². The maximum atomic E-state index is 13.0. The monoisotopic (exact) mass is 389 g/mol. The second-order valence-corrected chi connectivity index (χ2v) is 8.29. The summed E-state index contributed by atoms with van der Waals surface area (Å²) in [5.74, 6) is -0.908. The molecule has 0 radical (unpaired) electrons. The van der Waals surface area contributed by atoms with E-state index in [9.17, 15) is 18.3 Å². The third-order valence-corrected chi connectivity index (χ3v) is 6.54. The predicted molar refractivity (Wildman–Crippen MR) is 99.5 cm³/mol. The molecule has 0 bridgehead atoms. The van der Waals surface area contributed by atoms with Crippen LogP contribution in [0, 0.1) is 6.92 Å². The van der Waals surface area contributed by atoms with Gasteiger partial charge in [-0.2, -0.15) is 4.31 Å². The van der Waals surface area contributed by atoms with Gasteiger partial charge in [-0.3, -0.25) is 0 Å². The Morgan fingerprint density at radius 2 is 1.78 bits per heavy atom. The summed E-state index contributed by atoms with van der Waals surface area (Å²) in [7, 11) is -2.23. The zero-order valence-electron chi connectivity index (χ0n) is 15.2. The fourth-order valence-corrected chi connectivity index (χ4v) is 4.80. The molecule has 0 saturated carbocycles. The van der Waals surface area contributed by atoms with Gasteiger partial charge in [0.1, 0.15) is 10.6 Å². The van der Waals surface area contributed by atoms with Gasteiger partial charge in [-0.05, 0) is 42.3 Å². The number of rotatable bonds is 5. The number of nitrogens with zero attached hydrogens (tertiary/aromatic N) is 2. The summed E-state index contributed by atoms with van der Waals surface area (Å²) >= 11 is 0. The summed E-state index contributed by atoms with van der Waals surface area (Å²) in [5.41, 5.74) is 1.68. The molecule has 1 heterocycles. The number of ether oxygens (including phenoxy) is 1. The van der Waals surface area contributed by atoms with Crippen LogP contribution >= 0.6 is 0 Å². The first-order valence-corrected chi connectivity index (χ1v) is 9.98. The zero-order chi connectivity index (χ0) is 19.6. The van der Waals surface area contributed by atoms with Gasteiger partial charge in [0, 0.05) is 31.9 Å². The Hall–Kier alpha value is -2.58. The Kier molecular flexibility index (Phi) is 5.38. The van der Waals surface area contributed by atoms with Crippen LogP contribution < -0.4 is 14.7 Å². The van der Waals surface area contributed by atoms with Crippen LogP contribution in [0.1, 0.15) is 15.9 Å². The molecule has 2 aromatic rings. The van der Waals surface area contributed by atoms with Crippen LogP contribution in [-0.2, 0) is 10.0 Å². The summed E-state index contributed by atoms with van der Waals surface area (Å²) in [6, 6.07) is 11.6. The molecule has 1 aliphatic rings. The maximum absolute atomic E-state index is 13.0. The first-order valence-electron chi connectivity index (χ1n) is 8.54. The van der Waals surface area contributed by atoms with Gasteiger partial charge in [-0.25, -0.2) is 8.42 Å². The van der Waals surface area contributed by atoms with Crippen molar-refractivity contribution >= 4 is 21.7 Å². The van der Waals surface area contributed by atoms with Gasteiger partial charge in [0.15, 0.2) is 0 Å². The standard InChI is InChI=1S/C19H22N2O5S/c1-14-6-7-17(26-2)18(12-14)27(24,25)21-10-8-20(9-11-21)16-5-3-4-15(13-16)19(22)23/h3-7,12-13H,8-11H2,1-2H3,(H,22,23)/p-1. The van der Waals surface area contributed by atoms with Gasteiger partial charge in [0.2, 0.25) is 10.0 Å². The quantitative estimate of drug-likeness (QED) is 0.754. The molecule has 1 fully saturated rings. The number of benzene rings is 2. The van der Waals surface area contributed by atoms with E-state index in [1.54, 1.807) is 36.4 Å². The number of methoxy groups -OCH3 is 1. The number of piperazine rings is 1. The summed E-state index contributed by atoms with van der Waals surface area (Å²) in [4.78, 5) is 13.2. The SMILES string of the molecule is COc1ccc(C)cc1S(=O)(=O)N1CCN(c2cccc(C(=O)[O-])c2)CC1. The summed E-state index contributed by atoms with van der Waals surface area (Å²) in [6.45, 7) is 3.36. The van der Waals surface area contributed by atoms with Crippen LogP contribution in [0.4, 0.5) is 5.69 Å². The Bertz CT molecular complexity index is 950. The molecule has 0 amide bonds. The maximum Gasteiger partial charge on any atom is 0.246 e. The number of hydrogen-bond donors (Lipinski definition) is 0. The van der Waals surface area contributed by atoms with Crippen molar-refractivity contribution in [1.82, 2.24) is 4.31 Å². The lowest BCUT2D eigenvalue weighted by atomic mass is 10.2. The third-order valence-electron chi connectivity index (χ3n) is 4.62. The van der Waals surface area contributed by atoms with Crippen molar-refractivity contribution in [2.45, 2.75) is 11.8 Å². The molecule has 0 atom stereocenters. The van der Waals surface area contributed by atoms with Gasteiger partial charge < -0.3 is 19.5 Å². The van der Waals surface area contributed by atoms with Crippen molar-refractivity contribution in [1.29, 1.82) is 0 Å². The fraction of sp³-hybridized carbons (Fsp3) is 0.316. The Balaban J connectivity index is 1.78. The summed E-state index contributed by atoms with van der Waals surface area (Å²) in [5, 5.41) is 11.0. The van der Waals surface area contributed by atoms with Crippen LogP contribution in [0.5, 0.6) is 5.75 Å². The van der Waals surface area contributed by atoms with Gasteiger partial charge in [0.25, 0.3) is 0 Å². The normalized spacial score (nSPS) is 15.6. The molecule has 1 aliphatic heterocycles. The topological polar surface area (TPSA) is 90.0 Å². The average molecular weight is 389 g/mol. The van der Waals surface area contributed by atoms with Gasteiger partial charge >= 0.3 is 0 Å². The van der Waals surface area contributed by atoms with E-state index in [4.69, 9.17) is 4.74 Å². The number of carboxylic acids is 1. The van der Waals surface area contributed by atoms with Crippen molar-refractivity contribution < 1.29 is 23.1 Å². The highest BCUT2D eigenvalue weighted by atomic mass is 32.2. The number of sulfonamides is 1. The molecular formula is C19H21N2O5S-. The van der Waals surface area contributed by atoms with Crippen molar-refractivity contribution in [2.24, 2.45) is 0 Å². The second-order valence-electron chi connectivity index (χ2n) is 6.38. The largest absolute Gasteiger partial charge is 0.545 e. The molecule has 0 spiro atoms. The number of anilines is 1. The minimum Gasteiger partial charge on any atom is -0.545 e. The van der Waals surface area contributed by atoms with Crippen LogP contribution in [-0.4, -0.2) is 52.0 Å². The molecule has 1 saturated heterocycles. The lowest BCUT2D eigenvalue weighted by Gasteiger charge is -2.35. The van der Waals surface area contributed by atoms with Crippen LogP contribution in [0.25, 0.3) is 0 Å². The smallest absolute Gasteiger partial charge is 0.246 e. The number of carbonyl (C=O) groups is 1. The van der Waals surface area contributed by atoms with E-state index < -0.39 is 16.0 Å². The van der Waals surface area contributed by atoms with Gasteiger partial charge in [-0.15, -0.1) is 0 Å². The van der Waals surface area contributed by atoms with Gasteiger partial charge in [0.05, 0.1) is 13.1 Å². The second kappa shape index (κ2) is 7.58. The Morgan fingerprint density at radius 1 is 1.07 bits per heavy atom. The zero-order valence-corrected chi connectivity index (χ0v) is 16.0. The van der Waals surface area contributed by atoms with Gasteiger partial charge in [-0.1, -0.05) is 18.2 Å². The highest BCUT2D eigenvalue weighted by Gasteiger charge is 2.31. The molecule has 0 aliphatic carbocycles. The summed E-state index contributed by atoms with van der Waals surface area (Å²) < 4.78 is 32.8. The molecule has 8 heteroatoms. The summed E-state index contributed by atoms with van der Waals surface area (Å²) in [6.07, 6.45) is 0. The molecule has 7 nitrogen and oxygen atoms in total. The minimum absolute atomic E-state index is 0.104. The number of carboxylic acid groups (broad SMARTS) is 1. The highest BCUT2D eigenvalue weighted by molar-refractivity contribution is 7.89. The van der Waals surface area contributed by atoms with E-state index >= 15 is 0 Å². The lowest BCUT2D eigenvalue weighted by Crippen LogP contribution is -2.48. The number of carbonyl (C=O) groups excluding carboxylic acids is 1. The van der Waals surface area contributed by atoms with E-state index in [0.29, 0.717) is 31.9 Å². The molecule has 27 heavy (non-hydrogen) atoms. The molecule has 0 unspecified atom stereocenters. The minimum atomic E-state index is -3.68. The van der Waals surface area contributed by atoms with Crippen LogP contribution in [0.3, 0.4) is 0 Å². The van der Waals surface area contributed by atoms with Crippen LogP contribution in [0.2, 0.25) is 0 Å². The third kappa shape index (κ3) is 3.91. The van der Waals surface area contributed by atoms with E-state index in [1.165, 1.54) is 17.5 Å². The van der Waals surface area contributed by atoms with E-state index in [-0.39, 0.29) is 10.5 Å². The fourth-order valence-electron chi connectivity index (χ4n) is 3.14. The van der Waals surface area contributed by atoms with Crippen molar-refractivity contribution in [3.63, 3.8) is 0 Å². The molecule has 2 aromatic carbocycles. The van der Waals surface area contributed by atoms with E-state index in [1.807, 2.05) is 11.8 Å². The number of hydrogen-bond acceptors (Lipinski definition) is 6. The molecule has 0 N–H and O–H groups in total. The average Bonchev–Trinajstić information content (AvgIpc) is 2.68.